The van der Waals surface area contributed by atoms with Crippen LogP contribution in [0, 0.1) is 0 Å². The van der Waals surface area contributed by atoms with Gasteiger partial charge in [-0.05, 0) is 67.8 Å². The Bertz CT molecular complexity index is 1140. The molecule has 218 valence electrons. The van der Waals surface area contributed by atoms with Crippen molar-refractivity contribution >= 4 is 40.9 Å². The number of nitrogens with one attached hydrogen (secondary N) is 3. The van der Waals surface area contributed by atoms with Crippen LogP contribution < -0.4 is 43.6 Å². The Balaban J connectivity index is 2.20. The van der Waals surface area contributed by atoms with Crippen molar-refractivity contribution < 1.29 is 23.9 Å². The summed E-state index contributed by atoms with van der Waals surface area (Å²) in [6, 6.07) is 6.75. The molecule has 14 heteroatoms. The smallest absolute Gasteiger partial charge is 0.261 e. The van der Waals surface area contributed by atoms with Gasteiger partial charge in [-0.25, -0.2) is 0 Å². The summed E-state index contributed by atoms with van der Waals surface area (Å²) in [5.41, 5.74) is 22.4. The number of methoxy groups -OCH3 is 1. The molecular weight excluding hydrogens is 536 g/mol. The Morgan fingerprint density at radius 2 is 1.55 bits per heavy atom. The van der Waals surface area contributed by atoms with E-state index in [0.717, 1.165) is 0 Å². The highest BCUT2D eigenvalue weighted by Gasteiger charge is 2.29. The molecule has 0 radical (unpaired) electrons. The first-order chi connectivity index (χ1) is 19.2. The molecule has 0 unspecified atom stereocenters. The van der Waals surface area contributed by atoms with Gasteiger partial charge in [0.05, 0.1) is 12.0 Å². The summed E-state index contributed by atoms with van der Waals surface area (Å²) in [5, 5.41) is 9.84. The molecule has 0 fully saturated rings. The van der Waals surface area contributed by atoms with Crippen molar-refractivity contribution in [2.75, 3.05) is 20.2 Å². The molecule has 1 aromatic heterocycles. The number of aliphatic imine (C=N–C) groups is 1. The Labute approximate surface area is 237 Å². The molecule has 0 aliphatic carbocycles. The molecule has 0 spiro atoms. The van der Waals surface area contributed by atoms with E-state index in [-0.39, 0.29) is 25.3 Å². The fraction of sp³-hybridized carbons (Fsp3) is 0.423. The minimum absolute atomic E-state index is 0.0823. The molecule has 0 bridgehead atoms. The van der Waals surface area contributed by atoms with E-state index in [1.165, 1.54) is 18.4 Å². The van der Waals surface area contributed by atoms with Crippen molar-refractivity contribution in [1.29, 1.82) is 0 Å². The van der Waals surface area contributed by atoms with Gasteiger partial charge >= 0.3 is 0 Å². The lowest BCUT2D eigenvalue weighted by atomic mass is 10.0. The minimum Gasteiger partial charge on any atom is -0.497 e. The second-order valence-electron chi connectivity index (χ2n) is 8.91. The number of nitrogens with zero attached hydrogens (tertiary/aromatic N) is 1. The molecular formula is C26H38N8O5S. The first kappa shape index (κ1) is 32.0. The fourth-order valence-electron chi connectivity index (χ4n) is 3.80. The van der Waals surface area contributed by atoms with Crippen LogP contribution in [0.4, 0.5) is 0 Å². The third-order valence-corrected chi connectivity index (χ3v) is 6.78. The van der Waals surface area contributed by atoms with E-state index in [1.54, 1.807) is 41.8 Å². The van der Waals surface area contributed by atoms with E-state index >= 15 is 0 Å². The molecule has 1 heterocycles. The summed E-state index contributed by atoms with van der Waals surface area (Å²) in [7, 11) is 1.51. The molecule has 1 aromatic carbocycles. The maximum absolute atomic E-state index is 13.4. The van der Waals surface area contributed by atoms with Gasteiger partial charge < -0.3 is 43.6 Å². The number of benzene rings is 1. The number of nitrogens with two attached hydrogens (primary N) is 4. The van der Waals surface area contributed by atoms with Crippen molar-refractivity contribution in [3.8, 4) is 5.75 Å². The molecule has 11 N–H and O–H groups in total. The molecule has 2 aromatic rings. The predicted octanol–water partition coefficient (Wildman–Crippen LogP) is -0.135. The highest BCUT2D eigenvalue weighted by atomic mass is 32.1. The third kappa shape index (κ3) is 10.5. The summed E-state index contributed by atoms with van der Waals surface area (Å²) in [4.78, 5) is 56.0. The summed E-state index contributed by atoms with van der Waals surface area (Å²) in [6.45, 7) is 0.659. The average Bonchev–Trinajstić information content (AvgIpc) is 3.48. The number of primary amides is 1. The van der Waals surface area contributed by atoms with Crippen molar-refractivity contribution in [2.24, 2.45) is 27.9 Å². The number of guanidine groups is 1. The van der Waals surface area contributed by atoms with E-state index in [0.29, 0.717) is 42.0 Å². The summed E-state index contributed by atoms with van der Waals surface area (Å²) in [6.07, 6.45) is 2.02. The molecule has 13 nitrogen and oxygen atoms in total. The molecule has 0 aliphatic rings. The van der Waals surface area contributed by atoms with E-state index < -0.39 is 41.8 Å². The summed E-state index contributed by atoms with van der Waals surface area (Å²) in [5.74, 6) is -1.88. The van der Waals surface area contributed by atoms with E-state index in [2.05, 4.69) is 20.9 Å². The lowest BCUT2D eigenvalue weighted by Crippen LogP contribution is -2.54. The van der Waals surface area contributed by atoms with Gasteiger partial charge in [0.2, 0.25) is 17.7 Å². The molecule has 3 atom stereocenters. The minimum atomic E-state index is -1.14. The number of hydrogen-bond acceptors (Lipinski definition) is 8. The number of amides is 4. The number of carbonyl (C=O) groups is 4. The number of unbranched alkanes of at least 4 members (excludes halogenated alkanes) is 1. The van der Waals surface area contributed by atoms with Crippen LogP contribution in [-0.4, -0.2) is 61.9 Å². The van der Waals surface area contributed by atoms with E-state index in [4.69, 9.17) is 27.7 Å². The maximum atomic E-state index is 13.4. The SMILES string of the molecule is COc1ccc([C@H](NC(=O)[C@H](CCCCN)NC(=O)[C@H](CCCN=C(N)N)NC(=O)c2cccs2)C(N)=O)cc1. The largest absolute Gasteiger partial charge is 0.497 e. The summed E-state index contributed by atoms with van der Waals surface area (Å²) >= 11 is 1.23. The number of thiophene rings is 1. The highest BCUT2D eigenvalue weighted by Crippen LogP contribution is 2.18. The first-order valence-electron chi connectivity index (χ1n) is 12.8. The Hall–Kier alpha value is -4.17. The number of rotatable bonds is 17. The number of carbonyl (C=O) groups excluding carboxylic acids is 4. The zero-order valence-electron chi connectivity index (χ0n) is 22.4. The van der Waals surface area contributed by atoms with Crippen LogP contribution in [0.1, 0.15) is 53.4 Å². The molecule has 4 amide bonds. The molecule has 0 saturated carbocycles. The third-order valence-electron chi connectivity index (χ3n) is 5.91. The normalized spacial score (nSPS) is 12.8. The van der Waals surface area contributed by atoms with Crippen molar-refractivity contribution in [3.63, 3.8) is 0 Å². The van der Waals surface area contributed by atoms with Gasteiger partial charge in [-0.1, -0.05) is 18.2 Å². The molecule has 0 saturated heterocycles. The van der Waals surface area contributed by atoms with Crippen molar-refractivity contribution in [3.05, 3.63) is 52.2 Å². The van der Waals surface area contributed by atoms with Gasteiger partial charge in [-0.15, -0.1) is 11.3 Å². The standard InChI is InChI=1S/C26H38N8O5S/c1-39-17-11-9-16(10-12-17)21(22(28)35)34-24(37)18(6-2-3-13-27)32-23(36)19(7-4-14-31-26(29)30)33-25(38)20-8-5-15-40-20/h5,8-12,15,18-19,21H,2-4,6-7,13-14,27H2,1H3,(H2,28,35)(H,32,36)(H,33,38)(H,34,37)(H4,29,30,31)/t18-,19-,21-/m0/s1. The van der Waals surface area contributed by atoms with Gasteiger partial charge in [-0.2, -0.15) is 0 Å². The van der Waals surface area contributed by atoms with Crippen LogP contribution in [0.5, 0.6) is 5.75 Å². The van der Waals surface area contributed by atoms with E-state index in [9.17, 15) is 19.2 Å². The second-order valence-corrected chi connectivity index (χ2v) is 9.86. The Morgan fingerprint density at radius 1 is 0.900 bits per heavy atom. The predicted molar refractivity (Wildman–Crippen MR) is 153 cm³/mol. The second kappa shape index (κ2) is 16.7. The zero-order valence-corrected chi connectivity index (χ0v) is 23.2. The van der Waals surface area contributed by atoms with Crippen LogP contribution in [-0.2, 0) is 14.4 Å². The Morgan fingerprint density at radius 3 is 2.12 bits per heavy atom. The summed E-state index contributed by atoms with van der Waals surface area (Å²) < 4.78 is 5.14. The van der Waals surface area contributed by atoms with Crippen LogP contribution >= 0.6 is 11.3 Å². The average molecular weight is 575 g/mol. The lowest BCUT2D eigenvalue weighted by molar-refractivity contribution is -0.132. The van der Waals surface area contributed by atoms with Crippen LogP contribution in [0.3, 0.4) is 0 Å². The van der Waals surface area contributed by atoms with Gasteiger partial charge in [0.15, 0.2) is 5.96 Å². The highest BCUT2D eigenvalue weighted by molar-refractivity contribution is 7.12. The van der Waals surface area contributed by atoms with Crippen LogP contribution in [0.25, 0.3) is 0 Å². The van der Waals surface area contributed by atoms with Gasteiger partial charge in [-0.3, -0.25) is 24.2 Å². The van der Waals surface area contributed by atoms with Crippen LogP contribution in [0.15, 0.2) is 46.8 Å². The van der Waals surface area contributed by atoms with Gasteiger partial charge in [0.1, 0.15) is 23.9 Å². The van der Waals surface area contributed by atoms with Crippen LogP contribution in [0.2, 0.25) is 0 Å². The van der Waals surface area contributed by atoms with Gasteiger partial charge in [0.25, 0.3) is 5.91 Å². The number of ether oxygens (including phenoxy) is 1. The topological polar surface area (TPSA) is 230 Å². The Kier molecular flexibility index (Phi) is 13.4. The molecule has 0 aliphatic heterocycles. The first-order valence-corrected chi connectivity index (χ1v) is 13.7. The fourth-order valence-corrected chi connectivity index (χ4v) is 4.43. The monoisotopic (exact) mass is 574 g/mol. The van der Waals surface area contributed by atoms with Crippen molar-refractivity contribution in [2.45, 2.75) is 50.2 Å². The number of hydrogen-bond donors (Lipinski definition) is 7. The van der Waals surface area contributed by atoms with Crippen molar-refractivity contribution in [1.82, 2.24) is 16.0 Å². The lowest BCUT2D eigenvalue weighted by Gasteiger charge is -2.25. The molecule has 2 rings (SSSR count). The van der Waals surface area contributed by atoms with Gasteiger partial charge in [0, 0.05) is 6.54 Å². The quantitative estimate of drug-likeness (QED) is 0.0762. The maximum Gasteiger partial charge on any atom is 0.261 e. The van der Waals surface area contributed by atoms with E-state index in [1.807, 2.05) is 0 Å². The molecule has 40 heavy (non-hydrogen) atoms. The zero-order chi connectivity index (χ0) is 29.5.